The Hall–Kier alpha value is -5.20. The number of aryl methyl sites for hydroxylation is 6. The molecule has 6 aromatic rings. The summed E-state index contributed by atoms with van der Waals surface area (Å²) >= 11 is 0. The number of rotatable bonds is 6. The molecule has 0 aromatic heterocycles. The van der Waals surface area contributed by atoms with Crippen LogP contribution in [-0.4, -0.2) is 0 Å². The summed E-state index contributed by atoms with van der Waals surface area (Å²) in [4.78, 5) is 0. The molecule has 0 radical (unpaired) electrons. The summed E-state index contributed by atoms with van der Waals surface area (Å²) in [6.07, 6.45) is 6.94. The first-order valence-corrected chi connectivity index (χ1v) is 17.7. The smallest absolute Gasteiger partial charge is 0.0617 e. The maximum atomic E-state index is 2.56. The molecule has 0 N–H and O–H groups in total. The van der Waals surface area contributed by atoms with Gasteiger partial charge < -0.3 is 0 Å². The van der Waals surface area contributed by atoms with Crippen LogP contribution >= 0.6 is 0 Å². The van der Waals surface area contributed by atoms with E-state index in [-0.39, 0.29) is 0 Å². The fraction of sp³-hybridized carbons (Fsp3) is 0.184. The van der Waals surface area contributed by atoms with Crippen LogP contribution in [0.5, 0.6) is 0 Å². The van der Waals surface area contributed by atoms with Gasteiger partial charge in [0.1, 0.15) is 0 Å². The normalized spacial score (nSPS) is 13.6. The van der Waals surface area contributed by atoms with E-state index in [0.717, 1.165) is 12.8 Å². The first kappa shape index (κ1) is 31.1. The second-order valence-corrected chi connectivity index (χ2v) is 14.5. The Bertz CT molecular complexity index is 2100. The molecule has 0 heterocycles. The van der Waals surface area contributed by atoms with E-state index in [1.807, 2.05) is 0 Å². The van der Waals surface area contributed by atoms with Gasteiger partial charge in [0, 0.05) is 0 Å². The van der Waals surface area contributed by atoms with E-state index in [1.54, 1.807) is 0 Å². The quantitative estimate of drug-likeness (QED) is 0.171. The fourth-order valence-corrected chi connectivity index (χ4v) is 8.85. The number of benzene rings is 6. The van der Waals surface area contributed by atoms with Gasteiger partial charge in [0.05, 0.1) is 5.41 Å². The molecule has 0 saturated heterocycles. The second kappa shape index (κ2) is 12.0. The van der Waals surface area contributed by atoms with E-state index in [1.165, 1.54) is 100 Å². The van der Waals surface area contributed by atoms with Gasteiger partial charge in [0.15, 0.2) is 0 Å². The molecular formula is C49H44. The van der Waals surface area contributed by atoms with E-state index in [2.05, 4.69) is 175 Å². The van der Waals surface area contributed by atoms with Crippen molar-refractivity contribution in [2.75, 3.05) is 0 Å². The summed E-state index contributed by atoms with van der Waals surface area (Å²) in [7, 11) is 0. The lowest BCUT2D eigenvalue weighted by atomic mass is 9.63. The lowest BCUT2D eigenvalue weighted by Gasteiger charge is -2.39. The molecule has 0 amide bonds. The van der Waals surface area contributed by atoms with Crippen LogP contribution in [0.2, 0.25) is 0 Å². The Balaban J connectivity index is 1.42. The first-order chi connectivity index (χ1) is 23.8. The average Bonchev–Trinajstić information content (AvgIpc) is 3.73. The standard InChI is InChI=1S/C49H44/c1-31-19-23-39(24-20-31)49(40-25-21-32(2)22-26-40,41-27-37-15-9-17-43(45(37)29-41)47-33(3)11-7-12-34(47)4)42-28-38-16-10-18-44(46(38)30-42)48-35(5)13-8-14-36(48)6/h7-26,29-30H,27-28H2,1-6H3. The van der Waals surface area contributed by atoms with Gasteiger partial charge >= 0.3 is 0 Å². The number of fused-ring (bicyclic) bond motifs is 2. The molecular weight excluding hydrogens is 589 g/mol. The molecule has 240 valence electrons. The van der Waals surface area contributed by atoms with E-state index in [0.29, 0.717) is 0 Å². The molecule has 0 bridgehead atoms. The molecule has 0 atom stereocenters. The Morgan fingerprint density at radius 1 is 0.388 bits per heavy atom. The molecule has 0 nitrogen and oxygen atoms in total. The molecule has 49 heavy (non-hydrogen) atoms. The minimum Gasteiger partial charge on any atom is -0.0617 e. The third kappa shape index (κ3) is 5.05. The Morgan fingerprint density at radius 3 is 1.10 bits per heavy atom. The van der Waals surface area contributed by atoms with Crippen molar-refractivity contribution < 1.29 is 0 Å². The summed E-state index contributed by atoms with van der Waals surface area (Å²) in [5.41, 5.74) is 23.9. The Labute approximate surface area is 292 Å². The Kier molecular flexibility index (Phi) is 7.64. The van der Waals surface area contributed by atoms with Crippen LogP contribution in [0, 0.1) is 41.5 Å². The minimum absolute atomic E-state index is 0.435. The monoisotopic (exact) mass is 632 g/mol. The molecule has 0 saturated carbocycles. The molecule has 6 aromatic carbocycles. The predicted molar refractivity (Wildman–Crippen MR) is 209 cm³/mol. The van der Waals surface area contributed by atoms with Crippen molar-refractivity contribution in [2.24, 2.45) is 0 Å². The highest BCUT2D eigenvalue weighted by atomic mass is 14.5. The van der Waals surface area contributed by atoms with Crippen LogP contribution in [-0.2, 0) is 18.3 Å². The number of hydrogen-bond donors (Lipinski definition) is 0. The van der Waals surface area contributed by atoms with Crippen molar-refractivity contribution in [1.82, 2.24) is 0 Å². The van der Waals surface area contributed by atoms with Crippen molar-refractivity contribution in [2.45, 2.75) is 59.8 Å². The molecule has 0 unspecified atom stereocenters. The highest BCUT2D eigenvalue weighted by Gasteiger charge is 2.45. The zero-order valence-corrected chi connectivity index (χ0v) is 29.6. The highest BCUT2D eigenvalue weighted by molar-refractivity contribution is 5.89. The molecule has 0 aliphatic heterocycles. The third-order valence-corrected chi connectivity index (χ3v) is 11.2. The minimum atomic E-state index is -0.435. The largest absolute Gasteiger partial charge is 0.0634 e. The summed E-state index contributed by atoms with van der Waals surface area (Å²) in [5, 5.41) is 0. The van der Waals surface area contributed by atoms with Crippen LogP contribution in [0.3, 0.4) is 0 Å². The van der Waals surface area contributed by atoms with Gasteiger partial charge in [-0.05, 0) is 143 Å². The molecule has 8 rings (SSSR count). The van der Waals surface area contributed by atoms with Gasteiger partial charge in [0.25, 0.3) is 0 Å². The number of hydrogen-bond acceptors (Lipinski definition) is 0. The van der Waals surface area contributed by atoms with Crippen molar-refractivity contribution in [3.63, 3.8) is 0 Å². The van der Waals surface area contributed by atoms with E-state index < -0.39 is 5.41 Å². The molecule has 0 fully saturated rings. The maximum absolute atomic E-state index is 2.56. The zero-order chi connectivity index (χ0) is 33.9. The van der Waals surface area contributed by atoms with Crippen LogP contribution < -0.4 is 0 Å². The van der Waals surface area contributed by atoms with Gasteiger partial charge in [-0.15, -0.1) is 0 Å². The van der Waals surface area contributed by atoms with Crippen molar-refractivity contribution in [1.29, 1.82) is 0 Å². The van der Waals surface area contributed by atoms with Crippen molar-refractivity contribution in [3.05, 3.63) is 199 Å². The lowest BCUT2D eigenvalue weighted by Crippen LogP contribution is -2.33. The topological polar surface area (TPSA) is 0 Å². The SMILES string of the molecule is Cc1ccc(C(C2=Cc3c(cccc3-c3c(C)cccc3C)C2)(C2=Cc3c(cccc3-c3c(C)cccc3C)C2)c2ccc(C)cc2)cc1. The van der Waals surface area contributed by atoms with E-state index >= 15 is 0 Å². The van der Waals surface area contributed by atoms with Crippen LogP contribution in [0.25, 0.3) is 34.4 Å². The second-order valence-electron chi connectivity index (χ2n) is 14.5. The lowest BCUT2D eigenvalue weighted by molar-refractivity contribution is 0.684. The summed E-state index contributed by atoms with van der Waals surface area (Å²) in [6, 6.07) is 46.0. The van der Waals surface area contributed by atoms with Gasteiger partial charge in [-0.2, -0.15) is 0 Å². The predicted octanol–water partition coefficient (Wildman–Crippen LogP) is 12.4. The number of allylic oxidation sites excluding steroid dienone is 2. The molecule has 2 aliphatic carbocycles. The van der Waals surface area contributed by atoms with E-state index in [4.69, 9.17) is 0 Å². The van der Waals surface area contributed by atoms with Crippen LogP contribution in [0.1, 0.15) is 66.8 Å². The Morgan fingerprint density at radius 2 is 0.735 bits per heavy atom. The molecule has 2 aliphatic rings. The summed E-state index contributed by atoms with van der Waals surface area (Å²) in [5.74, 6) is 0. The average molecular weight is 633 g/mol. The van der Waals surface area contributed by atoms with Gasteiger partial charge in [-0.25, -0.2) is 0 Å². The summed E-state index contributed by atoms with van der Waals surface area (Å²) in [6.45, 7) is 13.4. The third-order valence-electron chi connectivity index (χ3n) is 11.2. The molecule has 0 spiro atoms. The van der Waals surface area contributed by atoms with E-state index in [9.17, 15) is 0 Å². The molecule has 0 heteroatoms. The highest BCUT2D eigenvalue weighted by Crippen LogP contribution is 2.54. The van der Waals surface area contributed by atoms with Crippen LogP contribution in [0.15, 0.2) is 132 Å². The first-order valence-electron chi connectivity index (χ1n) is 17.7. The summed E-state index contributed by atoms with van der Waals surface area (Å²) < 4.78 is 0. The van der Waals surface area contributed by atoms with Crippen LogP contribution in [0.4, 0.5) is 0 Å². The maximum Gasteiger partial charge on any atom is 0.0634 e. The fourth-order valence-electron chi connectivity index (χ4n) is 8.85. The van der Waals surface area contributed by atoms with Crippen molar-refractivity contribution >= 4 is 12.2 Å². The van der Waals surface area contributed by atoms with Gasteiger partial charge in [-0.3, -0.25) is 0 Å². The van der Waals surface area contributed by atoms with Crippen molar-refractivity contribution in [3.8, 4) is 22.3 Å². The zero-order valence-electron chi connectivity index (χ0n) is 29.6. The van der Waals surface area contributed by atoms with Gasteiger partial charge in [0.2, 0.25) is 0 Å². The van der Waals surface area contributed by atoms with Gasteiger partial charge in [-0.1, -0.05) is 145 Å².